The van der Waals surface area contributed by atoms with Crippen molar-refractivity contribution < 1.29 is 13.6 Å². The molecule has 27 heavy (non-hydrogen) atoms. The van der Waals surface area contributed by atoms with Crippen molar-refractivity contribution in [1.82, 2.24) is 9.79 Å². The Morgan fingerprint density at radius 3 is 2.19 bits per heavy atom. The zero-order valence-electron chi connectivity index (χ0n) is 16.8. The molecule has 7 heteroatoms. The molecule has 1 saturated heterocycles. The van der Waals surface area contributed by atoms with E-state index in [1.54, 1.807) is 26.0 Å². The number of hydrogen-bond donors (Lipinski definition) is 1. The SMILES string of the molecule is CN(C)c1cccc2c(S(=O)(=O)NC3CC(C)(C)N([O])C3(C)C)cccc12. The average molecular weight is 391 g/mol. The van der Waals surface area contributed by atoms with Crippen molar-refractivity contribution in [2.45, 2.75) is 56.1 Å². The zero-order chi connectivity index (χ0) is 20.2. The minimum Gasteiger partial charge on any atom is -0.377 e. The van der Waals surface area contributed by atoms with Gasteiger partial charge in [-0.3, -0.25) is 0 Å². The van der Waals surface area contributed by atoms with Crippen LogP contribution in [0.2, 0.25) is 0 Å². The minimum absolute atomic E-state index is 0.238. The second-order valence-corrected chi connectivity index (χ2v) is 10.3. The molecule has 6 nitrogen and oxygen atoms in total. The summed E-state index contributed by atoms with van der Waals surface area (Å²) in [5.41, 5.74) is -0.485. The van der Waals surface area contributed by atoms with Crippen molar-refractivity contribution >= 4 is 26.5 Å². The molecule has 0 bridgehead atoms. The zero-order valence-corrected chi connectivity index (χ0v) is 17.6. The summed E-state index contributed by atoms with van der Waals surface area (Å²) >= 11 is 0. The summed E-state index contributed by atoms with van der Waals surface area (Å²) in [6, 6.07) is 10.5. The molecule has 0 aliphatic carbocycles. The first-order valence-electron chi connectivity index (χ1n) is 9.07. The molecule has 1 aliphatic heterocycles. The number of sulfonamides is 1. The van der Waals surface area contributed by atoms with E-state index in [4.69, 9.17) is 0 Å². The maximum atomic E-state index is 13.2. The van der Waals surface area contributed by atoms with Gasteiger partial charge in [-0.2, -0.15) is 0 Å². The van der Waals surface area contributed by atoms with E-state index in [0.29, 0.717) is 11.8 Å². The number of rotatable bonds is 4. The molecule has 1 aliphatic rings. The Kier molecular flexibility index (Phi) is 4.79. The fourth-order valence-electron chi connectivity index (χ4n) is 4.08. The topological polar surface area (TPSA) is 72.6 Å². The number of hydrogen-bond acceptors (Lipinski definition) is 4. The lowest BCUT2D eigenvalue weighted by Gasteiger charge is -2.33. The van der Waals surface area contributed by atoms with Crippen LogP contribution in [-0.2, 0) is 15.2 Å². The van der Waals surface area contributed by atoms with Gasteiger partial charge in [-0.15, -0.1) is 10.3 Å². The third-order valence-electron chi connectivity index (χ3n) is 5.56. The van der Waals surface area contributed by atoms with E-state index in [2.05, 4.69) is 4.72 Å². The van der Waals surface area contributed by atoms with Gasteiger partial charge in [0.1, 0.15) is 0 Å². The van der Waals surface area contributed by atoms with Crippen LogP contribution in [0, 0.1) is 0 Å². The molecule has 2 aromatic carbocycles. The van der Waals surface area contributed by atoms with Crippen molar-refractivity contribution in [2.75, 3.05) is 19.0 Å². The lowest BCUT2D eigenvalue weighted by atomic mass is 9.95. The predicted octanol–water partition coefficient (Wildman–Crippen LogP) is 3.16. The van der Waals surface area contributed by atoms with E-state index in [1.807, 2.05) is 57.1 Å². The molecular weight excluding hydrogens is 362 g/mol. The number of benzene rings is 2. The molecule has 0 amide bonds. The number of anilines is 1. The van der Waals surface area contributed by atoms with E-state index in [9.17, 15) is 13.6 Å². The fraction of sp³-hybridized carbons (Fsp3) is 0.500. The van der Waals surface area contributed by atoms with Crippen molar-refractivity contribution in [3.63, 3.8) is 0 Å². The van der Waals surface area contributed by atoms with E-state index >= 15 is 0 Å². The molecule has 1 atom stereocenters. The molecule has 0 saturated carbocycles. The van der Waals surface area contributed by atoms with Gasteiger partial charge in [0.05, 0.1) is 10.4 Å². The summed E-state index contributed by atoms with van der Waals surface area (Å²) in [6.45, 7) is 7.26. The van der Waals surface area contributed by atoms with Gasteiger partial charge in [0, 0.05) is 42.1 Å². The first kappa shape index (κ1) is 20.1. The van der Waals surface area contributed by atoms with E-state index in [1.165, 1.54) is 0 Å². The first-order valence-corrected chi connectivity index (χ1v) is 10.5. The standard InChI is InChI=1S/C20H28N3O3S/c1-19(2)13-18(20(3,4)23(19)24)21-27(25,26)17-12-8-9-14-15(17)10-7-11-16(14)22(5)6/h7-12,18,21H,13H2,1-6H3. The van der Waals surface area contributed by atoms with Gasteiger partial charge < -0.3 is 4.90 Å². The lowest BCUT2D eigenvalue weighted by molar-refractivity contribution is -0.245. The number of fused-ring (bicyclic) bond motifs is 1. The van der Waals surface area contributed by atoms with E-state index in [0.717, 1.165) is 16.1 Å². The Hall–Kier alpha value is -1.67. The highest BCUT2D eigenvalue weighted by molar-refractivity contribution is 7.89. The van der Waals surface area contributed by atoms with Crippen LogP contribution in [0.4, 0.5) is 5.69 Å². The number of hydroxylamine groups is 2. The van der Waals surface area contributed by atoms with Crippen molar-refractivity contribution in [3.8, 4) is 0 Å². The highest BCUT2D eigenvalue weighted by Crippen LogP contribution is 2.40. The Morgan fingerprint density at radius 1 is 1.04 bits per heavy atom. The summed E-state index contributed by atoms with van der Waals surface area (Å²) < 4.78 is 29.3. The second kappa shape index (κ2) is 6.44. The van der Waals surface area contributed by atoms with E-state index in [-0.39, 0.29) is 4.90 Å². The fourth-order valence-corrected chi connectivity index (χ4v) is 5.68. The Balaban J connectivity index is 2.05. The summed E-state index contributed by atoms with van der Waals surface area (Å²) in [7, 11) is 0.0699. The van der Waals surface area contributed by atoms with Gasteiger partial charge in [-0.05, 0) is 46.2 Å². The molecular formula is C20H28N3O3S. The van der Waals surface area contributed by atoms with Gasteiger partial charge in [-0.1, -0.05) is 24.3 Å². The molecule has 1 fully saturated rings. The van der Waals surface area contributed by atoms with Crippen LogP contribution in [-0.4, -0.2) is 44.7 Å². The highest BCUT2D eigenvalue weighted by atomic mass is 32.2. The number of nitrogens with zero attached hydrogens (tertiary/aromatic N) is 2. The van der Waals surface area contributed by atoms with Crippen molar-refractivity contribution in [1.29, 1.82) is 0 Å². The Labute approximate surface area is 161 Å². The van der Waals surface area contributed by atoms with Gasteiger partial charge in [-0.25, -0.2) is 13.1 Å². The van der Waals surface area contributed by atoms with Gasteiger partial charge in [0.2, 0.25) is 10.0 Å². The maximum Gasteiger partial charge on any atom is 0.241 e. The van der Waals surface area contributed by atoms with Gasteiger partial charge in [0.15, 0.2) is 0 Å². The summed E-state index contributed by atoms with van der Waals surface area (Å²) in [4.78, 5) is 2.20. The Bertz CT molecular complexity index is 968. The van der Waals surface area contributed by atoms with Gasteiger partial charge in [0.25, 0.3) is 0 Å². The van der Waals surface area contributed by atoms with Crippen LogP contribution >= 0.6 is 0 Å². The lowest BCUT2D eigenvalue weighted by Crippen LogP contribution is -2.52. The molecule has 1 heterocycles. The summed E-state index contributed by atoms with van der Waals surface area (Å²) in [5.74, 6) is 0. The maximum absolute atomic E-state index is 13.2. The minimum atomic E-state index is -3.79. The smallest absolute Gasteiger partial charge is 0.241 e. The van der Waals surface area contributed by atoms with Crippen LogP contribution in [0.15, 0.2) is 41.3 Å². The Morgan fingerprint density at radius 2 is 1.63 bits per heavy atom. The monoisotopic (exact) mass is 390 g/mol. The predicted molar refractivity (Wildman–Crippen MR) is 108 cm³/mol. The molecule has 0 spiro atoms. The average Bonchev–Trinajstić information content (AvgIpc) is 2.72. The molecule has 1 radical (unpaired) electrons. The quantitative estimate of drug-likeness (QED) is 0.870. The van der Waals surface area contributed by atoms with Crippen LogP contribution < -0.4 is 9.62 Å². The van der Waals surface area contributed by atoms with Crippen LogP contribution in [0.1, 0.15) is 34.1 Å². The van der Waals surface area contributed by atoms with Crippen molar-refractivity contribution in [3.05, 3.63) is 36.4 Å². The molecule has 3 rings (SSSR count). The van der Waals surface area contributed by atoms with Gasteiger partial charge >= 0.3 is 0 Å². The molecule has 1 N–H and O–H groups in total. The van der Waals surface area contributed by atoms with Crippen LogP contribution in [0.25, 0.3) is 10.8 Å². The second-order valence-electron chi connectivity index (χ2n) is 8.66. The molecule has 147 valence electrons. The summed E-state index contributed by atoms with van der Waals surface area (Å²) in [5, 5.41) is 15.2. The third kappa shape index (κ3) is 3.33. The molecule has 0 aromatic heterocycles. The third-order valence-corrected chi connectivity index (χ3v) is 7.09. The normalized spacial score (nSPS) is 22.3. The highest BCUT2D eigenvalue weighted by Gasteiger charge is 2.53. The largest absolute Gasteiger partial charge is 0.377 e. The number of nitrogens with one attached hydrogen (secondary N) is 1. The van der Waals surface area contributed by atoms with Crippen molar-refractivity contribution in [2.24, 2.45) is 0 Å². The molecule has 2 aromatic rings. The van der Waals surface area contributed by atoms with E-state index < -0.39 is 27.1 Å². The molecule has 1 unspecified atom stereocenters. The summed E-state index contributed by atoms with van der Waals surface area (Å²) in [6.07, 6.45) is 0.455. The van der Waals surface area contributed by atoms with Crippen LogP contribution in [0.3, 0.4) is 0 Å². The first-order chi connectivity index (χ1) is 12.4. The van der Waals surface area contributed by atoms with Crippen LogP contribution in [0.5, 0.6) is 0 Å².